The predicted molar refractivity (Wildman–Crippen MR) is 115 cm³/mol. The number of hydrogen-bond acceptors (Lipinski definition) is 5. The van der Waals surface area contributed by atoms with E-state index in [2.05, 4.69) is 13.8 Å². The number of ether oxygens (including phenoxy) is 2. The molecule has 2 heterocycles. The fourth-order valence-electron chi connectivity index (χ4n) is 3.68. The van der Waals surface area contributed by atoms with E-state index in [9.17, 15) is 9.59 Å². The van der Waals surface area contributed by atoms with Crippen LogP contribution in [0, 0.1) is 5.92 Å². The van der Waals surface area contributed by atoms with Gasteiger partial charge in [-0.3, -0.25) is 9.59 Å². The van der Waals surface area contributed by atoms with Gasteiger partial charge in [0.05, 0.1) is 30.7 Å². The molecule has 1 unspecified atom stereocenters. The topological polar surface area (TPSA) is 69.0 Å². The summed E-state index contributed by atoms with van der Waals surface area (Å²) in [6.07, 6.45) is 0. The van der Waals surface area contributed by atoms with Crippen LogP contribution >= 0.6 is 11.6 Å². The van der Waals surface area contributed by atoms with E-state index in [4.69, 9.17) is 25.5 Å². The molecule has 0 bridgehead atoms. The average Bonchev–Trinajstić information content (AvgIpc) is 2.98. The number of nitrogens with zero attached hydrogens (tertiary/aromatic N) is 1. The highest BCUT2D eigenvalue weighted by Gasteiger charge is 2.41. The number of carbonyl (C=O) groups is 1. The van der Waals surface area contributed by atoms with Crippen LogP contribution in [-0.4, -0.2) is 31.6 Å². The average molecular weight is 428 g/mol. The molecule has 3 aromatic rings. The summed E-state index contributed by atoms with van der Waals surface area (Å²) in [6, 6.07) is 9.62. The van der Waals surface area contributed by atoms with E-state index in [1.807, 2.05) is 6.07 Å². The Morgan fingerprint density at radius 1 is 1.13 bits per heavy atom. The third kappa shape index (κ3) is 3.31. The zero-order valence-electron chi connectivity index (χ0n) is 17.2. The Hall–Kier alpha value is -2.99. The molecule has 7 heteroatoms. The Morgan fingerprint density at radius 3 is 2.60 bits per heavy atom. The van der Waals surface area contributed by atoms with Crippen molar-refractivity contribution in [3.05, 3.63) is 68.5 Å². The molecule has 0 radical (unpaired) electrons. The predicted octanol–water partition coefficient (Wildman–Crippen LogP) is 4.66. The number of carbonyl (C=O) groups excluding carboxylic acids is 1. The number of methoxy groups -OCH3 is 1. The summed E-state index contributed by atoms with van der Waals surface area (Å²) in [7, 11) is 3.21. The molecular weight excluding hydrogens is 406 g/mol. The molecule has 0 fully saturated rings. The van der Waals surface area contributed by atoms with Gasteiger partial charge < -0.3 is 18.8 Å². The Labute approximate surface area is 179 Å². The standard InChI is InChI=1S/C23H22ClNO5/c1-12(2)11-29-17-7-5-13(9-18(17)28-4)20-19-21(26)15-10-14(24)6-8-16(15)30-22(19)23(27)25(20)3/h5-10,12,20H,11H2,1-4H3. The molecule has 156 valence electrons. The van der Waals surface area contributed by atoms with Gasteiger partial charge in [-0.15, -0.1) is 0 Å². The number of amides is 1. The van der Waals surface area contributed by atoms with Gasteiger partial charge >= 0.3 is 0 Å². The fraction of sp³-hybridized carbons (Fsp3) is 0.304. The van der Waals surface area contributed by atoms with Crippen LogP contribution in [0.15, 0.2) is 45.6 Å². The highest BCUT2D eigenvalue weighted by Crippen LogP contribution is 2.40. The summed E-state index contributed by atoms with van der Waals surface area (Å²) < 4.78 is 17.1. The maximum absolute atomic E-state index is 13.3. The molecule has 0 saturated carbocycles. The van der Waals surface area contributed by atoms with Gasteiger partial charge in [-0.2, -0.15) is 0 Å². The minimum atomic E-state index is -0.597. The van der Waals surface area contributed by atoms with E-state index >= 15 is 0 Å². The molecule has 2 aromatic carbocycles. The second-order valence-electron chi connectivity index (χ2n) is 7.75. The zero-order chi connectivity index (χ0) is 21.6. The lowest BCUT2D eigenvalue weighted by Gasteiger charge is -2.22. The lowest BCUT2D eigenvalue weighted by molar-refractivity contribution is 0.0771. The molecule has 1 aliphatic heterocycles. The van der Waals surface area contributed by atoms with Gasteiger partial charge in [-0.25, -0.2) is 0 Å². The molecule has 4 rings (SSSR count). The second kappa shape index (κ2) is 7.69. The largest absolute Gasteiger partial charge is 0.493 e. The maximum atomic E-state index is 13.3. The zero-order valence-corrected chi connectivity index (χ0v) is 17.9. The van der Waals surface area contributed by atoms with Crippen molar-refractivity contribution in [2.75, 3.05) is 20.8 Å². The summed E-state index contributed by atoms with van der Waals surface area (Å²) in [5.74, 6) is 1.23. The molecule has 1 aromatic heterocycles. The first-order chi connectivity index (χ1) is 14.3. The molecule has 30 heavy (non-hydrogen) atoms. The first-order valence-corrected chi connectivity index (χ1v) is 10.0. The molecular formula is C23H22ClNO5. The molecule has 0 spiro atoms. The van der Waals surface area contributed by atoms with E-state index < -0.39 is 6.04 Å². The Morgan fingerprint density at radius 2 is 1.90 bits per heavy atom. The lowest BCUT2D eigenvalue weighted by Crippen LogP contribution is -2.25. The number of rotatable bonds is 5. The fourth-order valence-corrected chi connectivity index (χ4v) is 3.85. The summed E-state index contributed by atoms with van der Waals surface area (Å²) >= 11 is 6.07. The second-order valence-corrected chi connectivity index (χ2v) is 8.18. The van der Waals surface area contributed by atoms with E-state index in [0.29, 0.717) is 45.6 Å². The van der Waals surface area contributed by atoms with Crippen LogP contribution in [0.2, 0.25) is 5.02 Å². The van der Waals surface area contributed by atoms with Gasteiger partial charge in [0.1, 0.15) is 5.58 Å². The normalized spacial score (nSPS) is 15.7. The van der Waals surface area contributed by atoms with Gasteiger partial charge in [0.2, 0.25) is 5.76 Å². The summed E-state index contributed by atoms with van der Waals surface area (Å²) in [4.78, 5) is 27.6. The highest BCUT2D eigenvalue weighted by atomic mass is 35.5. The van der Waals surface area contributed by atoms with Crippen LogP contribution in [0.4, 0.5) is 0 Å². The van der Waals surface area contributed by atoms with Crippen LogP contribution in [0.1, 0.15) is 41.6 Å². The van der Waals surface area contributed by atoms with Gasteiger partial charge in [-0.05, 0) is 41.8 Å². The van der Waals surface area contributed by atoms with E-state index in [1.54, 1.807) is 44.5 Å². The van der Waals surface area contributed by atoms with Crippen LogP contribution < -0.4 is 14.9 Å². The first kappa shape index (κ1) is 20.3. The minimum absolute atomic E-state index is 0.0569. The molecule has 1 atom stereocenters. The quantitative estimate of drug-likeness (QED) is 0.592. The molecule has 6 nitrogen and oxygen atoms in total. The number of fused-ring (bicyclic) bond motifs is 2. The van der Waals surface area contributed by atoms with Crippen LogP contribution in [0.5, 0.6) is 11.5 Å². The van der Waals surface area contributed by atoms with Gasteiger partial charge in [0.25, 0.3) is 5.91 Å². The third-order valence-electron chi connectivity index (χ3n) is 5.14. The monoisotopic (exact) mass is 427 g/mol. The van der Waals surface area contributed by atoms with E-state index in [1.165, 1.54) is 4.90 Å². The van der Waals surface area contributed by atoms with Gasteiger partial charge in [0.15, 0.2) is 16.9 Å². The van der Waals surface area contributed by atoms with Crippen molar-refractivity contribution in [2.45, 2.75) is 19.9 Å². The van der Waals surface area contributed by atoms with Crippen molar-refractivity contribution in [1.82, 2.24) is 4.90 Å². The van der Waals surface area contributed by atoms with Gasteiger partial charge in [0, 0.05) is 12.1 Å². The Balaban J connectivity index is 1.85. The molecule has 1 aliphatic rings. The van der Waals surface area contributed by atoms with Crippen molar-refractivity contribution in [3.63, 3.8) is 0 Å². The highest BCUT2D eigenvalue weighted by molar-refractivity contribution is 6.31. The van der Waals surface area contributed by atoms with E-state index in [0.717, 1.165) is 5.56 Å². The molecule has 0 saturated heterocycles. The third-order valence-corrected chi connectivity index (χ3v) is 5.37. The lowest BCUT2D eigenvalue weighted by atomic mass is 9.98. The number of hydrogen-bond donors (Lipinski definition) is 0. The molecule has 0 N–H and O–H groups in total. The van der Waals surface area contributed by atoms with Crippen LogP contribution in [-0.2, 0) is 0 Å². The van der Waals surface area contributed by atoms with Crippen LogP contribution in [0.3, 0.4) is 0 Å². The Kier molecular flexibility index (Phi) is 5.20. The van der Waals surface area contributed by atoms with E-state index in [-0.39, 0.29) is 17.1 Å². The molecule has 0 aliphatic carbocycles. The van der Waals surface area contributed by atoms with Gasteiger partial charge in [-0.1, -0.05) is 31.5 Å². The first-order valence-electron chi connectivity index (χ1n) is 9.66. The van der Waals surface area contributed by atoms with Crippen LogP contribution in [0.25, 0.3) is 11.0 Å². The number of halogens is 1. The summed E-state index contributed by atoms with van der Waals surface area (Å²) in [5, 5.41) is 0.774. The van der Waals surface area contributed by atoms with Crippen molar-refractivity contribution in [2.24, 2.45) is 5.92 Å². The summed E-state index contributed by atoms with van der Waals surface area (Å²) in [6.45, 7) is 4.68. The number of benzene rings is 2. The minimum Gasteiger partial charge on any atom is -0.493 e. The van der Waals surface area contributed by atoms with Crippen molar-refractivity contribution >= 4 is 28.5 Å². The van der Waals surface area contributed by atoms with Crippen molar-refractivity contribution < 1.29 is 18.7 Å². The molecule has 1 amide bonds. The van der Waals surface area contributed by atoms with Crippen molar-refractivity contribution in [3.8, 4) is 11.5 Å². The smallest absolute Gasteiger partial charge is 0.290 e. The summed E-state index contributed by atoms with van der Waals surface area (Å²) in [5.41, 5.74) is 1.10. The SMILES string of the molecule is COc1cc(C2c3c(oc4ccc(Cl)cc4c3=O)C(=O)N2C)ccc1OCC(C)C. The van der Waals surface area contributed by atoms with Crippen molar-refractivity contribution in [1.29, 1.82) is 0 Å². The maximum Gasteiger partial charge on any atom is 0.290 e. The Bertz CT molecular complexity index is 1200.